The summed E-state index contributed by atoms with van der Waals surface area (Å²) < 4.78 is 0. The van der Waals surface area contributed by atoms with Gasteiger partial charge in [0.1, 0.15) is 0 Å². The van der Waals surface area contributed by atoms with E-state index in [0.717, 1.165) is 25.9 Å². The third-order valence-corrected chi connectivity index (χ3v) is 3.66. The predicted molar refractivity (Wildman–Crippen MR) is 69.4 cm³/mol. The monoisotopic (exact) mass is 256 g/mol. The molecule has 18 heavy (non-hydrogen) atoms. The third-order valence-electron chi connectivity index (χ3n) is 3.66. The fraction of sp³-hybridized carbons (Fsp3) is 0.846. The van der Waals surface area contributed by atoms with Crippen LogP contribution in [0, 0.1) is 11.8 Å². The highest BCUT2D eigenvalue weighted by atomic mass is 16.4. The molecule has 0 aromatic heterocycles. The molecule has 104 valence electrons. The Bertz CT molecular complexity index is 307. The van der Waals surface area contributed by atoms with Crippen molar-refractivity contribution >= 4 is 12.0 Å². The quantitative estimate of drug-likeness (QED) is 0.835. The first-order chi connectivity index (χ1) is 8.45. The molecule has 5 heteroatoms. The zero-order valence-electron chi connectivity index (χ0n) is 11.6. The van der Waals surface area contributed by atoms with E-state index in [-0.39, 0.29) is 12.6 Å². The number of nitrogens with zero attached hydrogens (tertiary/aromatic N) is 2. The molecule has 1 aliphatic rings. The van der Waals surface area contributed by atoms with Gasteiger partial charge >= 0.3 is 12.0 Å². The van der Waals surface area contributed by atoms with E-state index in [0.29, 0.717) is 5.92 Å². The summed E-state index contributed by atoms with van der Waals surface area (Å²) in [6.45, 7) is 5.63. The van der Waals surface area contributed by atoms with Gasteiger partial charge in [-0.05, 0) is 18.8 Å². The zero-order valence-corrected chi connectivity index (χ0v) is 11.6. The van der Waals surface area contributed by atoms with Gasteiger partial charge in [-0.2, -0.15) is 0 Å². The van der Waals surface area contributed by atoms with Crippen molar-refractivity contribution in [3.05, 3.63) is 0 Å². The van der Waals surface area contributed by atoms with E-state index in [9.17, 15) is 9.59 Å². The second-order valence-electron chi connectivity index (χ2n) is 5.26. The van der Waals surface area contributed by atoms with Crippen LogP contribution in [0.5, 0.6) is 0 Å². The molecule has 1 fully saturated rings. The molecule has 1 heterocycles. The van der Waals surface area contributed by atoms with Crippen LogP contribution in [0.25, 0.3) is 0 Å². The van der Waals surface area contributed by atoms with Crippen LogP contribution in [-0.4, -0.2) is 53.6 Å². The van der Waals surface area contributed by atoms with Gasteiger partial charge in [-0.3, -0.25) is 4.79 Å². The number of urea groups is 1. The molecule has 1 aliphatic heterocycles. The number of hydrogen-bond acceptors (Lipinski definition) is 2. The van der Waals surface area contributed by atoms with Gasteiger partial charge in [-0.25, -0.2) is 4.79 Å². The second kappa shape index (κ2) is 6.61. The van der Waals surface area contributed by atoms with Crippen molar-refractivity contribution in [3.63, 3.8) is 0 Å². The van der Waals surface area contributed by atoms with Crippen molar-refractivity contribution in [2.24, 2.45) is 11.8 Å². The van der Waals surface area contributed by atoms with Crippen LogP contribution in [0.3, 0.4) is 0 Å². The maximum Gasteiger partial charge on any atom is 0.319 e. The Balaban J connectivity index is 2.50. The van der Waals surface area contributed by atoms with Crippen LogP contribution in [0.4, 0.5) is 4.79 Å². The van der Waals surface area contributed by atoms with Gasteiger partial charge < -0.3 is 14.9 Å². The Hall–Kier alpha value is -1.26. The van der Waals surface area contributed by atoms with Crippen LogP contribution in [-0.2, 0) is 4.79 Å². The SMILES string of the molecule is CCC1CCCN(C(=O)N(C)CC(C)C(=O)O)C1. The molecule has 0 aromatic carbocycles. The summed E-state index contributed by atoms with van der Waals surface area (Å²) in [7, 11) is 1.68. The van der Waals surface area contributed by atoms with E-state index < -0.39 is 11.9 Å². The first kappa shape index (κ1) is 14.8. The highest BCUT2D eigenvalue weighted by Gasteiger charge is 2.26. The van der Waals surface area contributed by atoms with Gasteiger partial charge in [-0.15, -0.1) is 0 Å². The molecule has 0 saturated carbocycles. The number of carbonyl (C=O) groups is 2. The minimum atomic E-state index is -0.861. The summed E-state index contributed by atoms with van der Waals surface area (Å²) in [5, 5.41) is 8.85. The number of carboxylic acid groups (broad SMARTS) is 1. The van der Waals surface area contributed by atoms with Crippen LogP contribution in [0.2, 0.25) is 0 Å². The molecule has 2 unspecified atom stereocenters. The van der Waals surface area contributed by atoms with Crippen LogP contribution in [0.15, 0.2) is 0 Å². The molecular weight excluding hydrogens is 232 g/mol. The van der Waals surface area contributed by atoms with Gasteiger partial charge in [-0.1, -0.05) is 20.3 Å². The molecule has 2 amide bonds. The largest absolute Gasteiger partial charge is 0.481 e. The summed E-state index contributed by atoms with van der Waals surface area (Å²) in [5.41, 5.74) is 0. The summed E-state index contributed by atoms with van der Waals surface area (Å²) in [6.07, 6.45) is 3.33. The first-order valence-electron chi connectivity index (χ1n) is 6.68. The normalized spacial score (nSPS) is 21.5. The molecule has 0 radical (unpaired) electrons. The lowest BCUT2D eigenvalue weighted by Crippen LogP contribution is -2.47. The standard InChI is InChI=1S/C13H24N2O3/c1-4-11-6-5-7-15(9-11)13(18)14(3)8-10(2)12(16)17/h10-11H,4-9H2,1-3H3,(H,16,17). The number of piperidine rings is 1. The van der Waals surface area contributed by atoms with Gasteiger partial charge in [0.25, 0.3) is 0 Å². The lowest BCUT2D eigenvalue weighted by atomic mass is 9.96. The van der Waals surface area contributed by atoms with Crippen LogP contribution < -0.4 is 0 Å². The van der Waals surface area contributed by atoms with E-state index in [1.807, 2.05) is 4.90 Å². The van der Waals surface area contributed by atoms with Crippen molar-refractivity contribution in [1.29, 1.82) is 0 Å². The lowest BCUT2D eigenvalue weighted by molar-refractivity contribution is -0.141. The minimum absolute atomic E-state index is 0.0405. The smallest absolute Gasteiger partial charge is 0.319 e. The van der Waals surface area contributed by atoms with Crippen LogP contribution in [0.1, 0.15) is 33.1 Å². The average molecular weight is 256 g/mol. The third kappa shape index (κ3) is 3.89. The first-order valence-corrected chi connectivity index (χ1v) is 6.68. The van der Waals surface area contributed by atoms with Crippen molar-refractivity contribution in [1.82, 2.24) is 9.80 Å². The van der Waals surface area contributed by atoms with E-state index in [1.54, 1.807) is 14.0 Å². The highest BCUT2D eigenvalue weighted by Crippen LogP contribution is 2.20. The molecule has 1 N–H and O–H groups in total. The molecule has 5 nitrogen and oxygen atoms in total. The fourth-order valence-corrected chi connectivity index (χ4v) is 2.38. The Morgan fingerprint density at radius 1 is 1.50 bits per heavy atom. The Labute approximate surface area is 109 Å². The summed E-state index contributed by atoms with van der Waals surface area (Å²) >= 11 is 0. The fourth-order valence-electron chi connectivity index (χ4n) is 2.38. The maximum atomic E-state index is 12.2. The number of amides is 2. The Kier molecular flexibility index (Phi) is 5.44. The summed E-state index contributed by atoms with van der Waals surface area (Å²) in [6, 6.07) is -0.0405. The molecule has 0 spiro atoms. The predicted octanol–water partition coefficient (Wildman–Crippen LogP) is 1.88. The van der Waals surface area contributed by atoms with Crippen molar-refractivity contribution in [2.75, 3.05) is 26.7 Å². The van der Waals surface area contributed by atoms with E-state index >= 15 is 0 Å². The number of rotatable bonds is 4. The van der Waals surface area contributed by atoms with E-state index in [4.69, 9.17) is 5.11 Å². The molecule has 2 atom stereocenters. The lowest BCUT2D eigenvalue weighted by Gasteiger charge is -2.35. The minimum Gasteiger partial charge on any atom is -0.481 e. The van der Waals surface area contributed by atoms with Gasteiger partial charge in [0, 0.05) is 26.7 Å². The number of likely N-dealkylation sites (tertiary alicyclic amines) is 1. The summed E-state index contributed by atoms with van der Waals surface area (Å²) in [5.74, 6) is -0.793. The number of aliphatic carboxylic acids is 1. The maximum absolute atomic E-state index is 12.2. The van der Waals surface area contributed by atoms with E-state index in [1.165, 1.54) is 11.3 Å². The van der Waals surface area contributed by atoms with Crippen molar-refractivity contribution in [3.8, 4) is 0 Å². The van der Waals surface area contributed by atoms with Gasteiger partial charge in [0.05, 0.1) is 5.92 Å². The number of hydrogen-bond donors (Lipinski definition) is 1. The topological polar surface area (TPSA) is 60.9 Å². The molecule has 1 rings (SSSR count). The highest BCUT2D eigenvalue weighted by molar-refractivity contribution is 5.76. The second-order valence-corrected chi connectivity index (χ2v) is 5.26. The van der Waals surface area contributed by atoms with Gasteiger partial charge in [0.15, 0.2) is 0 Å². The molecule has 0 aliphatic carbocycles. The molecule has 1 saturated heterocycles. The molecule has 0 aromatic rings. The Morgan fingerprint density at radius 2 is 2.17 bits per heavy atom. The average Bonchev–Trinajstić information content (AvgIpc) is 2.37. The zero-order chi connectivity index (χ0) is 13.7. The van der Waals surface area contributed by atoms with Gasteiger partial charge in [0.2, 0.25) is 0 Å². The number of carboxylic acids is 1. The molecule has 0 bridgehead atoms. The van der Waals surface area contributed by atoms with Crippen LogP contribution >= 0.6 is 0 Å². The Morgan fingerprint density at radius 3 is 2.72 bits per heavy atom. The van der Waals surface area contributed by atoms with Crippen molar-refractivity contribution in [2.45, 2.75) is 33.1 Å². The van der Waals surface area contributed by atoms with E-state index in [2.05, 4.69) is 6.92 Å². The summed E-state index contributed by atoms with van der Waals surface area (Å²) in [4.78, 5) is 26.3. The van der Waals surface area contributed by atoms with Crippen molar-refractivity contribution < 1.29 is 14.7 Å². The molecular formula is C13H24N2O3. The number of carbonyl (C=O) groups excluding carboxylic acids is 1.